The molecule has 0 saturated carbocycles. The van der Waals surface area contributed by atoms with Crippen LogP contribution in [-0.4, -0.2) is 44.2 Å². The van der Waals surface area contributed by atoms with Crippen LogP contribution in [0.25, 0.3) is 0 Å². The van der Waals surface area contributed by atoms with Gasteiger partial charge in [0.25, 0.3) is 0 Å². The van der Waals surface area contributed by atoms with Gasteiger partial charge in [-0.25, -0.2) is 0 Å². The molecule has 0 atom stereocenters. The number of hydrazone groups is 1. The molecule has 0 aliphatic heterocycles. The molecule has 0 aliphatic rings. The number of hydrogen-bond acceptors (Lipinski definition) is 4. The van der Waals surface area contributed by atoms with Gasteiger partial charge >= 0.3 is 0 Å². The Labute approximate surface area is 60.5 Å². The van der Waals surface area contributed by atoms with E-state index in [4.69, 9.17) is 0 Å². The van der Waals surface area contributed by atoms with Crippen molar-refractivity contribution in [3.63, 3.8) is 0 Å². The lowest BCUT2D eigenvalue weighted by molar-refractivity contribution is -1.03. The van der Waals surface area contributed by atoms with Crippen LogP contribution >= 0.6 is 0 Å². The van der Waals surface area contributed by atoms with Gasteiger partial charge in [0, 0.05) is 11.5 Å². The molecule has 0 rings (SSSR count). The number of rotatable bonds is 4. The van der Waals surface area contributed by atoms with Crippen LogP contribution in [-0.2, 0) is 0 Å². The van der Waals surface area contributed by atoms with Gasteiger partial charge in [-0.15, -0.1) is 5.10 Å². The van der Waals surface area contributed by atoms with Crippen LogP contribution in [0.1, 0.15) is 0 Å². The zero-order valence-electron chi connectivity index (χ0n) is 6.36. The number of hydrogen-bond donors (Lipinski definition) is 0. The molecule has 0 spiro atoms. The molecule has 56 valence electrons. The van der Waals surface area contributed by atoms with Crippen molar-refractivity contribution >= 4 is 20.2 Å². The molecule has 0 radical (unpaired) electrons. The Balaban J connectivity index is 4.45. The molecule has 0 aliphatic carbocycles. The van der Waals surface area contributed by atoms with Crippen LogP contribution in [0, 0.1) is 0 Å². The van der Waals surface area contributed by atoms with Crippen LogP contribution in [0.15, 0.2) is 15.3 Å². The summed E-state index contributed by atoms with van der Waals surface area (Å²) in [7, 11) is 3.35. The quantitative estimate of drug-likeness (QED) is 0.312. The Hall–Kier alpha value is -1.23. The summed E-state index contributed by atoms with van der Waals surface area (Å²) in [6.45, 7) is 9.97. The van der Waals surface area contributed by atoms with E-state index in [1.165, 1.54) is 5.12 Å². The van der Waals surface area contributed by atoms with Crippen molar-refractivity contribution < 1.29 is 4.81 Å². The highest BCUT2D eigenvalue weighted by atomic mass is 16.1. The Morgan fingerprint density at radius 1 is 1.20 bits per heavy atom. The molecule has 0 fully saturated rings. The van der Waals surface area contributed by atoms with Crippen LogP contribution in [0.5, 0.6) is 0 Å². The minimum absolute atomic E-state index is 0.149. The highest BCUT2D eigenvalue weighted by Crippen LogP contribution is 2.06. The Bertz CT molecular complexity index is 144. The summed E-state index contributed by atoms with van der Waals surface area (Å²) >= 11 is 0. The highest BCUT2D eigenvalue weighted by molar-refractivity contribution is 5.23. The highest BCUT2D eigenvalue weighted by Gasteiger charge is 2.23. The number of quaternary nitrogens is 1. The van der Waals surface area contributed by atoms with E-state index < -0.39 is 0 Å². The van der Waals surface area contributed by atoms with Crippen molar-refractivity contribution in [2.24, 2.45) is 15.3 Å². The molecule has 0 unspecified atom stereocenters. The topological polar surface area (TPSA) is 40.3 Å². The van der Waals surface area contributed by atoms with E-state index in [2.05, 4.69) is 35.5 Å². The zero-order chi connectivity index (χ0) is 8.20. The lowest BCUT2D eigenvalue weighted by Crippen LogP contribution is -2.43. The molecule has 0 aromatic carbocycles. The minimum Gasteiger partial charge on any atom is -0.141 e. The first kappa shape index (κ1) is 8.77. The van der Waals surface area contributed by atoms with Crippen LogP contribution in [0.4, 0.5) is 0 Å². The summed E-state index contributed by atoms with van der Waals surface area (Å²) in [6.07, 6.45) is 0. The second-order valence-corrected chi connectivity index (χ2v) is 1.78. The van der Waals surface area contributed by atoms with Crippen LogP contribution in [0.2, 0.25) is 0 Å². The second-order valence-electron chi connectivity index (χ2n) is 1.78. The monoisotopic (exact) mass is 142 g/mol. The Morgan fingerprint density at radius 2 is 1.60 bits per heavy atom. The molecule has 0 aromatic rings. The normalized spacial score (nSPS) is 10.2. The average molecular weight is 142 g/mol. The van der Waals surface area contributed by atoms with Gasteiger partial charge in [0.15, 0.2) is 0 Å². The third-order valence-corrected chi connectivity index (χ3v) is 1.29. The van der Waals surface area contributed by atoms with E-state index in [-0.39, 0.29) is 4.81 Å². The Kier molecular flexibility index (Phi) is 2.69. The van der Waals surface area contributed by atoms with Crippen molar-refractivity contribution in [3.8, 4) is 0 Å². The number of nitrogens with zero attached hydrogens (tertiary/aromatic N) is 5. The molecule has 0 bridgehead atoms. The summed E-state index contributed by atoms with van der Waals surface area (Å²) in [5, 5.41) is 12.3. The molecule has 5 nitrogen and oxygen atoms in total. The first-order valence-corrected chi connectivity index (χ1v) is 2.64. The summed E-state index contributed by atoms with van der Waals surface area (Å²) < 4.78 is 0. The molecule has 0 heterocycles. The van der Waals surface area contributed by atoms with E-state index in [1.54, 1.807) is 14.1 Å². The summed E-state index contributed by atoms with van der Waals surface area (Å²) in [5.74, 6) is 0. The van der Waals surface area contributed by atoms with Crippen molar-refractivity contribution in [2.45, 2.75) is 0 Å². The van der Waals surface area contributed by atoms with Gasteiger partial charge in [-0.3, -0.25) is 0 Å². The first-order chi connectivity index (χ1) is 4.60. The molecule has 0 aromatic heterocycles. The van der Waals surface area contributed by atoms with Crippen molar-refractivity contribution in [1.82, 2.24) is 5.12 Å². The second kappa shape index (κ2) is 3.07. The van der Waals surface area contributed by atoms with E-state index in [1.807, 2.05) is 0 Å². The maximum absolute atomic E-state index is 3.66. The van der Waals surface area contributed by atoms with E-state index in [0.717, 1.165) is 0 Å². The first-order valence-electron chi connectivity index (χ1n) is 2.64. The van der Waals surface area contributed by atoms with Gasteiger partial charge in [0.2, 0.25) is 0 Å². The fraction of sp³-hybridized carbons (Fsp3) is 0.400. The fourth-order valence-electron chi connectivity index (χ4n) is 0.348. The van der Waals surface area contributed by atoms with Gasteiger partial charge in [0.1, 0.15) is 7.05 Å². The smallest absolute Gasteiger partial charge is 0.141 e. The van der Waals surface area contributed by atoms with E-state index >= 15 is 0 Å². The largest absolute Gasteiger partial charge is 0.147 e. The Morgan fingerprint density at radius 3 is 1.70 bits per heavy atom. The molecule has 0 saturated heterocycles. The van der Waals surface area contributed by atoms with Crippen LogP contribution in [0.3, 0.4) is 0 Å². The maximum Gasteiger partial charge on any atom is 0.147 e. The molecular formula is C5H12N5+. The summed E-state index contributed by atoms with van der Waals surface area (Å²) in [6, 6.07) is 0. The molecular weight excluding hydrogens is 130 g/mol. The fourth-order valence-corrected chi connectivity index (χ4v) is 0.348. The SMILES string of the molecule is C=NN(C)[N+](C)(N=C)N=C. The average Bonchev–Trinajstić information content (AvgIpc) is 2.01. The van der Waals surface area contributed by atoms with E-state index in [0.29, 0.717) is 0 Å². The summed E-state index contributed by atoms with van der Waals surface area (Å²) in [5.41, 5.74) is 0. The third kappa shape index (κ3) is 1.38. The van der Waals surface area contributed by atoms with Crippen molar-refractivity contribution in [2.75, 3.05) is 14.1 Å². The van der Waals surface area contributed by atoms with Gasteiger partial charge in [-0.1, -0.05) is 5.12 Å². The van der Waals surface area contributed by atoms with Gasteiger partial charge in [0.05, 0.1) is 20.5 Å². The molecule has 5 heteroatoms. The standard InChI is InChI=1S/C5H12N5/c1-6-9(4)10(5,7-2)8-3/h1-3H2,4-5H3/q+1. The zero-order valence-corrected chi connectivity index (χ0v) is 6.36. The van der Waals surface area contributed by atoms with Gasteiger partial charge < -0.3 is 0 Å². The van der Waals surface area contributed by atoms with E-state index in [9.17, 15) is 0 Å². The summed E-state index contributed by atoms with van der Waals surface area (Å²) in [4.78, 5) is -0.149. The van der Waals surface area contributed by atoms with Crippen molar-refractivity contribution in [1.29, 1.82) is 0 Å². The molecule has 0 N–H and O–H groups in total. The maximum atomic E-state index is 3.66. The van der Waals surface area contributed by atoms with Gasteiger partial charge in [-0.05, 0) is 10.2 Å². The molecule has 10 heavy (non-hydrogen) atoms. The lowest BCUT2D eigenvalue weighted by atomic mass is 11.2. The third-order valence-electron chi connectivity index (χ3n) is 1.29. The predicted molar refractivity (Wildman–Crippen MR) is 42.6 cm³/mol. The van der Waals surface area contributed by atoms with Gasteiger partial charge in [-0.2, -0.15) is 0 Å². The minimum atomic E-state index is -0.149. The molecule has 0 amide bonds. The van der Waals surface area contributed by atoms with Crippen molar-refractivity contribution in [3.05, 3.63) is 0 Å². The van der Waals surface area contributed by atoms with Crippen LogP contribution < -0.4 is 0 Å². The predicted octanol–water partition coefficient (Wildman–Crippen LogP) is 0.127. The lowest BCUT2D eigenvalue weighted by Gasteiger charge is -2.24.